The van der Waals surface area contributed by atoms with Gasteiger partial charge in [0.05, 0.1) is 17.9 Å². The van der Waals surface area contributed by atoms with E-state index in [1.807, 2.05) is 0 Å². The van der Waals surface area contributed by atoms with Gasteiger partial charge in [-0.2, -0.15) is 0 Å². The fraction of sp³-hybridized carbons (Fsp3) is 0.923. The lowest BCUT2D eigenvalue weighted by atomic mass is 10.00. The van der Waals surface area contributed by atoms with E-state index in [0.29, 0.717) is 6.61 Å². The molecule has 0 aromatic rings. The molecule has 3 nitrogen and oxygen atoms in total. The molecule has 1 saturated heterocycles. The van der Waals surface area contributed by atoms with Crippen LogP contribution in [0.25, 0.3) is 0 Å². The van der Waals surface area contributed by atoms with Gasteiger partial charge in [0.1, 0.15) is 0 Å². The molecule has 17 heavy (non-hydrogen) atoms. The zero-order valence-corrected chi connectivity index (χ0v) is 11.0. The van der Waals surface area contributed by atoms with Crippen LogP contribution in [0, 0.1) is 5.92 Å². The second-order valence-corrected chi connectivity index (χ2v) is 5.74. The van der Waals surface area contributed by atoms with E-state index < -0.39 is 0 Å². The highest BCUT2D eigenvalue weighted by Crippen LogP contribution is 2.23. The Balaban J connectivity index is 1.83. The van der Waals surface area contributed by atoms with E-state index in [4.69, 9.17) is 16.3 Å². The molecule has 1 amide bonds. The number of hydrogen-bond acceptors (Lipinski definition) is 2. The minimum atomic E-state index is 0.0378. The number of carbonyl (C=O) groups excluding carboxylic acids is 1. The third kappa shape index (κ3) is 3.85. The van der Waals surface area contributed by atoms with Crippen molar-refractivity contribution in [1.82, 2.24) is 5.32 Å². The maximum absolute atomic E-state index is 12.1. The second kappa shape index (κ2) is 6.60. The first-order chi connectivity index (χ1) is 8.27. The predicted molar refractivity (Wildman–Crippen MR) is 68.2 cm³/mol. The van der Waals surface area contributed by atoms with Crippen molar-refractivity contribution in [3.63, 3.8) is 0 Å². The van der Waals surface area contributed by atoms with Gasteiger partial charge in [-0.3, -0.25) is 4.79 Å². The highest BCUT2D eigenvalue weighted by Gasteiger charge is 2.27. The monoisotopic (exact) mass is 259 g/mol. The third-order valence-electron chi connectivity index (χ3n) is 3.79. The summed E-state index contributed by atoms with van der Waals surface area (Å²) in [6.45, 7) is 1.37. The van der Waals surface area contributed by atoms with Crippen LogP contribution in [0.15, 0.2) is 0 Å². The van der Waals surface area contributed by atoms with E-state index in [2.05, 4.69) is 5.32 Å². The highest BCUT2D eigenvalue weighted by atomic mass is 35.5. The Hall–Kier alpha value is -0.280. The first kappa shape index (κ1) is 13.2. The van der Waals surface area contributed by atoms with E-state index in [1.54, 1.807) is 0 Å². The number of nitrogens with one attached hydrogen (secondary N) is 1. The summed E-state index contributed by atoms with van der Waals surface area (Å²) in [5, 5.41) is 3.23. The minimum Gasteiger partial charge on any atom is -0.381 e. The molecule has 2 aliphatic rings. The number of rotatable bonds is 2. The van der Waals surface area contributed by atoms with Crippen molar-refractivity contribution < 1.29 is 9.53 Å². The molecule has 1 saturated carbocycles. The summed E-state index contributed by atoms with van der Waals surface area (Å²) in [5.41, 5.74) is 0. The number of ether oxygens (including phenoxy) is 1. The largest absolute Gasteiger partial charge is 0.381 e. The lowest BCUT2D eigenvalue weighted by Crippen LogP contribution is -2.45. The smallest absolute Gasteiger partial charge is 0.225 e. The molecule has 3 unspecified atom stereocenters. The number of amides is 1. The van der Waals surface area contributed by atoms with Gasteiger partial charge >= 0.3 is 0 Å². The fourth-order valence-electron chi connectivity index (χ4n) is 2.67. The van der Waals surface area contributed by atoms with Crippen LogP contribution >= 0.6 is 11.6 Å². The standard InChI is InChI=1S/C13H22ClNO2/c14-11-6-2-1-3-7-12(11)15-13(16)10-5-4-8-17-9-10/h10-12H,1-9H2,(H,15,16). The lowest BCUT2D eigenvalue weighted by Gasteiger charge is -2.26. The zero-order chi connectivity index (χ0) is 12.1. The van der Waals surface area contributed by atoms with Crippen LogP contribution in [0.2, 0.25) is 0 Å². The van der Waals surface area contributed by atoms with Crippen LogP contribution in [-0.4, -0.2) is 30.5 Å². The van der Waals surface area contributed by atoms with Crippen LogP contribution in [-0.2, 0) is 9.53 Å². The average Bonchev–Trinajstić information content (AvgIpc) is 2.56. The van der Waals surface area contributed by atoms with Gasteiger partial charge in [0.25, 0.3) is 0 Å². The molecular weight excluding hydrogens is 238 g/mol. The Kier molecular flexibility index (Phi) is 5.11. The molecule has 0 aromatic carbocycles. The quantitative estimate of drug-likeness (QED) is 0.611. The van der Waals surface area contributed by atoms with E-state index >= 15 is 0 Å². The molecule has 1 aliphatic carbocycles. The van der Waals surface area contributed by atoms with Gasteiger partial charge in [-0.1, -0.05) is 19.3 Å². The molecule has 0 radical (unpaired) electrons. The van der Waals surface area contributed by atoms with Crippen LogP contribution in [0.3, 0.4) is 0 Å². The molecule has 0 bridgehead atoms. The van der Waals surface area contributed by atoms with Crippen molar-refractivity contribution in [3.8, 4) is 0 Å². The van der Waals surface area contributed by atoms with Crippen molar-refractivity contribution in [1.29, 1.82) is 0 Å². The molecule has 3 atom stereocenters. The Morgan fingerprint density at radius 1 is 1.12 bits per heavy atom. The minimum absolute atomic E-state index is 0.0378. The van der Waals surface area contributed by atoms with Crippen molar-refractivity contribution in [2.45, 2.75) is 56.4 Å². The molecular formula is C13H22ClNO2. The molecule has 98 valence electrons. The molecule has 2 rings (SSSR count). The molecule has 4 heteroatoms. The zero-order valence-electron chi connectivity index (χ0n) is 10.3. The number of halogens is 1. The Morgan fingerprint density at radius 3 is 2.71 bits per heavy atom. The van der Waals surface area contributed by atoms with Gasteiger partial charge in [-0.15, -0.1) is 11.6 Å². The molecule has 0 spiro atoms. The first-order valence-corrected chi connectivity index (χ1v) is 7.23. The summed E-state index contributed by atoms with van der Waals surface area (Å²) in [5.74, 6) is 0.179. The van der Waals surface area contributed by atoms with Crippen molar-refractivity contribution in [3.05, 3.63) is 0 Å². The predicted octanol–water partition coefficient (Wildman–Crippen LogP) is 2.47. The summed E-state index contributed by atoms with van der Waals surface area (Å²) in [6.07, 6.45) is 7.59. The fourth-order valence-corrected chi connectivity index (χ4v) is 3.02. The van der Waals surface area contributed by atoms with E-state index in [9.17, 15) is 4.79 Å². The first-order valence-electron chi connectivity index (χ1n) is 6.79. The van der Waals surface area contributed by atoms with Crippen molar-refractivity contribution >= 4 is 17.5 Å². The van der Waals surface area contributed by atoms with Gasteiger partial charge in [-0.25, -0.2) is 0 Å². The van der Waals surface area contributed by atoms with Gasteiger partial charge in [-0.05, 0) is 25.7 Å². The Bertz CT molecular complexity index is 254. The van der Waals surface area contributed by atoms with E-state index in [-0.39, 0.29) is 23.2 Å². The summed E-state index contributed by atoms with van der Waals surface area (Å²) in [4.78, 5) is 12.1. The number of hydrogen-bond donors (Lipinski definition) is 1. The highest BCUT2D eigenvalue weighted by molar-refractivity contribution is 6.21. The van der Waals surface area contributed by atoms with E-state index in [1.165, 1.54) is 19.3 Å². The summed E-state index contributed by atoms with van der Waals surface area (Å²) in [7, 11) is 0. The van der Waals surface area contributed by atoms with Gasteiger partial charge in [0.2, 0.25) is 5.91 Å². The molecule has 1 N–H and O–H groups in total. The second-order valence-electron chi connectivity index (χ2n) is 5.18. The molecule has 1 heterocycles. The summed E-state index contributed by atoms with van der Waals surface area (Å²) in [6, 6.07) is 0.161. The normalized spacial score (nSPS) is 35.0. The maximum atomic E-state index is 12.1. The van der Waals surface area contributed by atoms with Gasteiger partial charge in [0, 0.05) is 12.6 Å². The van der Waals surface area contributed by atoms with E-state index in [0.717, 1.165) is 32.3 Å². The Labute approximate surface area is 108 Å². The molecule has 1 aliphatic heterocycles. The maximum Gasteiger partial charge on any atom is 0.225 e. The number of alkyl halides is 1. The topological polar surface area (TPSA) is 38.3 Å². The lowest BCUT2D eigenvalue weighted by molar-refractivity contribution is -0.129. The summed E-state index contributed by atoms with van der Waals surface area (Å²) >= 11 is 6.32. The van der Waals surface area contributed by atoms with Gasteiger partial charge in [0.15, 0.2) is 0 Å². The molecule has 0 aromatic heterocycles. The SMILES string of the molecule is O=C(NC1CCCCCC1Cl)C1CCCOC1. The third-order valence-corrected chi connectivity index (χ3v) is 4.31. The van der Waals surface area contributed by atoms with Crippen LogP contribution in [0.1, 0.15) is 44.9 Å². The van der Waals surface area contributed by atoms with Crippen molar-refractivity contribution in [2.75, 3.05) is 13.2 Å². The van der Waals surface area contributed by atoms with Crippen molar-refractivity contribution in [2.24, 2.45) is 5.92 Å². The van der Waals surface area contributed by atoms with Crippen LogP contribution in [0.5, 0.6) is 0 Å². The van der Waals surface area contributed by atoms with Crippen LogP contribution < -0.4 is 5.32 Å². The Morgan fingerprint density at radius 2 is 1.94 bits per heavy atom. The average molecular weight is 260 g/mol. The number of carbonyl (C=O) groups is 1. The molecule has 2 fully saturated rings. The van der Waals surface area contributed by atoms with Gasteiger partial charge < -0.3 is 10.1 Å². The summed E-state index contributed by atoms with van der Waals surface area (Å²) < 4.78 is 5.35. The van der Waals surface area contributed by atoms with Crippen LogP contribution in [0.4, 0.5) is 0 Å².